The molecule has 45 heavy (non-hydrogen) atoms. The number of carbonyl (C=O) groups is 2. The van der Waals surface area contributed by atoms with E-state index in [0.29, 0.717) is 36.0 Å². The standard InChI is InChI=1S/C32H33F4N7O2/c1-20-7-9-22(10-8-20)43-28(17-26(40-43)32(3,18-33)19-34)39-31(45)38-25-11-12-27(37-21(25)2)41-13-15-42(16-14-41)30(44)29-23(35)5-4-6-24(29)36/h4-12,17H,13-16,18-19H2,1-3H3,(H2,38,39,45). The predicted octanol–water partition coefficient (Wildman–Crippen LogP) is 5.97. The third-order valence-electron chi connectivity index (χ3n) is 7.82. The van der Waals surface area contributed by atoms with Crippen LogP contribution in [-0.4, -0.2) is 71.1 Å². The van der Waals surface area contributed by atoms with Crippen LogP contribution in [0, 0.1) is 25.5 Å². The van der Waals surface area contributed by atoms with Crippen LogP contribution < -0.4 is 15.5 Å². The van der Waals surface area contributed by atoms with E-state index in [-0.39, 0.29) is 24.6 Å². The number of piperazine rings is 1. The SMILES string of the molecule is Cc1ccc(-n2nc(C(C)(CF)CF)cc2NC(=O)Nc2ccc(N3CCN(C(=O)c4c(F)cccc4F)CC3)nc2C)cc1. The van der Waals surface area contributed by atoms with Gasteiger partial charge in [-0.3, -0.25) is 10.1 Å². The van der Waals surface area contributed by atoms with Crippen LogP contribution in [0.4, 0.5) is 39.7 Å². The zero-order valence-electron chi connectivity index (χ0n) is 25.1. The van der Waals surface area contributed by atoms with E-state index in [9.17, 15) is 27.2 Å². The minimum atomic E-state index is -1.47. The van der Waals surface area contributed by atoms with Crippen molar-refractivity contribution in [3.05, 3.63) is 94.8 Å². The van der Waals surface area contributed by atoms with Gasteiger partial charge in [-0.1, -0.05) is 23.8 Å². The lowest BCUT2D eigenvalue weighted by Gasteiger charge is -2.35. The molecule has 236 valence electrons. The van der Waals surface area contributed by atoms with Gasteiger partial charge in [0.1, 0.15) is 42.2 Å². The number of aryl methyl sites for hydroxylation is 2. The Morgan fingerprint density at radius 3 is 2.13 bits per heavy atom. The van der Waals surface area contributed by atoms with E-state index in [1.807, 2.05) is 24.0 Å². The van der Waals surface area contributed by atoms with E-state index in [0.717, 1.165) is 17.7 Å². The fourth-order valence-corrected chi connectivity index (χ4v) is 4.95. The molecule has 3 heterocycles. The molecule has 13 heteroatoms. The van der Waals surface area contributed by atoms with Crippen LogP contribution >= 0.6 is 0 Å². The third kappa shape index (κ3) is 6.61. The van der Waals surface area contributed by atoms with E-state index >= 15 is 0 Å². The number of hydrogen-bond donors (Lipinski definition) is 2. The summed E-state index contributed by atoms with van der Waals surface area (Å²) in [6.07, 6.45) is 0. The number of aromatic nitrogens is 3. The highest BCUT2D eigenvalue weighted by Gasteiger charge is 2.32. The number of rotatable bonds is 8. The summed E-state index contributed by atoms with van der Waals surface area (Å²) in [5.41, 5.74) is 0.688. The average Bonchev–Trinajstić information content (AvgIpc) is 3.46. The summed E-state index contributed by atoms with van der Waals surface area (Å²) in [6.45, 7) is 4.42. The first kappa shape index (κ1) is 31.5. The Bertz CT molecular complexity index is 1680. The summed E-state index contributed by atoms with van der Waals surface area (Å²) in [4.78, 5) is 33.8. The van der Waals surface area contributed by atoms with Crippen molar-refractivity contribution in [1.82, 2.24) is 19.7 Å². The second-order valence-corrected chi connectivity index (χ2v) is 11.2. The molecule has 4 aromatic rings. The summed E-state index contributed by atoms with van der Waals surface area (Å²) in [7, 11) is 0. The van der Waals surface area contributed by atoms with Crippen LogP contribution in [0.25, 0.3) is 5.69 Å². The molecule has 1 aliphatic heterocycles. The maximum atomic E-state index is 14.1. The van der Waals surface area contributed by atoms with Gasteiger partial charge in [0, 0.05) is 32.2 Å². The molecule has 1 fully saturated rings. The van der Waals surface area contributed by atoms with E-state index in [2.05, 4.69) is 20.7 Å². The number of amides is 3. The molecule has 1 saturated heterocycles. The Labute approximate surface area is 257 Å². The highest BCUT2D eigenvalue weighted by atomic mass is 19.1. The molecule has 0 aliphatic carbocycles. The van der Waals surface area contributed by atoms with Crippen molar-refractivity contribution < 1.29 is 27.2 Å². The van der Waals surface area contributed by atoms with Crippen LogP contribution in [-0.2, 0) is 5.41 Å². The van der Waals surface area contributed by atoms with Gasteiger partial charge in [0.15, 0.2) is 0 Å². The number of nitrogens with one attached hydrogen (secondary N) is 2. The highest BCUT2D eigenvalue weighted by Crippen LogP contribution is 2.29. The van der Waals surface area contributed by atoms with E-state index in [1.165, 1.54) is 28.6 Å². The van der Waals surface area contributed by atoms with E-state index in [4.69, 9.17) is 0 Å². The predicted molar refractivity (Wildman–Crippen MR) is 164 cm³/mol. The van der Waals surface area contributed by atoms with Gasteiger partial charge >= 0.3 is 6.03 Å². The van der Waals surface area contributed by atoms with Crippen molar-refractivity contribution in [2.75, 3.05) is 55.1 Å². The van der Waals surface area contributed by atoms with E-state index < -0.39 is 47.9 Å². The van der Waals surface area contributed by atoms with E-state index in [1.54, 1.807) is 31.2 Å². The molecule has 0 bridgehead atoms. The number of benzene rings is 2. The Kier molecular flexibility index (Phi) is 9.07. The lowest BCUT2D eigenvalue weighted by molar-refractivity contribution is 0.0736. The van der Waals surface area contributed by atoms with Crippen LogP contribution in [0.1, 0.15) is 34.2 Å². The highest BCUT2D eigenvalue weighted by molar-refractivity contribution is 6.00. The molecule has 5 rings (SSSR count). The first-order valence-electron chi connectivity index (χ1n) is 14.4. The molecule has 3 amide bonds. The summed E-state index contributed by atoms with van der Waals surface area (Å²) in [6, 6.07) is 14.9. The largest absolute Gasteiger partial charge is 0.353 e. The zero-order valence-corrected chi connectivity index (χ0v) is 25.1. The molecular weight excluding hydrogens is 590 g/mol. The fourth-order valence-electron chi connectivity index (χ4n) is 4.95. The molecule has 2 aromatic heterocycles. The van der Waals surface area contributed by atoms with Crippen molar-refractivity contribution in [3.8, 4) is 5.69 Å². The molecule has 9 nitrogen and oxygen atoms in total. The maximum absolute atomic E-state index is 14.1. The molecular formula is C32H33F4N7O2. The van der Waals surface area contributed by atoms with Gasteiger partial charge in [-0.15, -0.1) is 0 Å². The number of urea groups is 1. The number of halogens is 4. The summed E-state index contributed by atoms with van der Waals surface area (Å²) < 4.78 is 57.2. The molecule has 0 atom stereocenters. The number of carbonyl (C=O) groups excluding carboxylic acids is 2. The summed E-state index contributed by atoms with van der Waals surface area (Å²) >= 11 is 0. The van der Waals surface area contributed by atoms with Crippen molar-refractivity contribution in [2.24, 2.45) is 0 Å². The topological polar surface area (TPSA) is 95.4 Å². The van der Waals surface area contributed by atoms with Crippen LogP contribution in [0.15, 0.2) is 60.7 Å². The number of alkyl halides is 2. The van der Waals surface area contributed by atoms with Crippen LogP contribution in [0.5, 0.6) is 0 Å². The Morgan fingerprint density at radius 2 is 1.53 bits per heavy atom. The Hall–Kier alpha value is -4.94. The second-order valence-electron chi connectivity index (χ2n) is 11.2. The normalized spacial score (nSPS) is 13.6. The Morgan fingerprint density at radius 1 is 0.889 bits per heavy atom. The second kappa shape index (κ2) is 13.0. The van der Waals surface area contributed by atoms with Gasteiger partial charge in [-0.2, -0.15) is 5.10 Å². The fraction of sp³-hybridized carbons (Fsp3) is 0.312. The van der Waals surface area contributed by atoms with Crippen LogP contribution in [0.2, 0.25) is 0 Å². The molecule has 0 saturated carbocycles. The molecule has 0 radical (unpaired) electrons. The number of anilines is 3. The lowest BCUT2D eigenvalue weighted by Crippen LogP contribution is -2.49. The van der Waals surface area contributed by atoms with Gasteiger partial charge in [-0.25, -0.2) is 32.0 Å². The summed E-state index contributed by atoms with van der Waals surface area (Å²) in [5, 5.41) is 9.91. The molecule has 0 spiro atoms. The molecule has 2 N–H and O–H groups in total. The number of nitrogens with zero attached hydrogens (tertiary/aromatic N) is 5. The first-order valence-corrected chi connectivity index (χ1v) is 14.4. The lowest BCUT2D eigenvalue weighted by atomic mass is 9.90. The van der Waals surface area contributed by atoms with Crippen molar-refractivity contribution in [1.29, 1.82) is 0 Å². The first-order chi connectivity index (χ1) is 21.5. The number of hydrogen-bond acceptors (Lipinski definition) is 5. The summed E-state index contributed by atoms with van der Waals surface area (Å²) in [5.74, 6) is -1.66. The third-order valence-corrected chi connectivity index (χ3v) is 7.82. The smallest absolute Gasteiger partial charge is 0.324 e. The van der Waals surface area contributed by atoms with Crippen molar-refractivity contribution >= 4 is 29.3 Å². The molecule has 2 aromatic carbocycles. The van der Waals surface area contributed by atoms with Crippen molar-refractivity contribution in [3.63, 3.8) is 0 Å². The van der Waals surface area contributed by atoms with Gasteiger partial charge in [0.05, 0.1) is 28.2 Å². The monoisotopic (exact) mass is 623 g/mol. The van der Waals surface area contributed by atoms with Gasteiger partial charge < -0.3 is 15.1 Å². The maximum Gasteiger partial charge on any atom is 0.324 e. The van der Waals surface area contributed by atoms with Crippen LogP contribution in [0.3, 0.4) is 0 Å². The molecule has 0 unspecified atom stereocenters. The Balaban J connectivity index is 1.26. The van der Waals surface area contributed by atoms with Gasteiger partial charge in [0.25, 0.3) is 5.91 Å². The quantitative estimate of drug-likeness (QED) is 0.236. The average molecular weight is 624 g/mol. The van der Waals surface area contributed by atoms with Crippen molar-refractivity contribution in [2.45, 2.75) is 26.2 Å². The number of pyridine rings is 1. The molecule has 1 aliphatic rings. The minimum absolute atomic E-state index is 0.159. The van der Waals surface area contributed by atoms with Gasteiger partial charge in [0.2, 0.25) is 0 Å². The van der Waals surface area contributed by atoms with Gasteiger partial charge in [-0.05, 0) is 57.2 Å². The minimum Gasteiger partial charge on any atom is -0.353 e. The zero-order chi connectivity index (χ0) is 32.3.